The fourth-order valence-electron chi connectivity index (χ4n) is 3.25. The Morgan fingerprint density at radius 2 is 2.00 bits per heavy atom. The molecule has 1 aliphatic rings. The lowest BCUT2D eigenvalue weighted by atomic mass is 10.1. The van der Waals surface area contributed by atoms with Crippen LogP contribution in [0.4, 0.5) is 24.7 Å². The van der Waals surface area contributed by atoms with Crippen molar-refractivity contribution in [3.63, 3.8) is 0 Å². The Morgan fingerprint density at radius 1 is 1.26 bits per heavy atom. The van der Waals surface area contributed by atoms with E-state index >= 15 is 0 Å². The lowest BCUT2D eigenvalue weighted by molar-refractivity contribution is -0.167. The molecule has 0 fully saturated rings. The number of fused-ring (bicyclic) bond motifs is 1. The summed E-state index contributed by atoms with van der Waals surface area (Å²) in [6.07, 6.45) is -3.38. The number of benzene rings is 1. The molecule has 1 atom stereocenters. The summed E-state index contributed by atoms with van der Waals surface area (Å²) in [5, 5.41) is 10.9. The largest absolute Gasteiger partial charge is 0.471 e. The smallest absolute Gasteiger partial charge is 0.337 e. The Balaban J connectivity index is 1.44. The Bertz CT molecular complexity index is 1270. The molecule has 2 aromatic heterocycles. The van der Waals surface area contributed by atoms with Crippen molar-refractivity contribution in [1.82, 2.24) is 25.5 Å². The quantitative estimate of drug-likeness (QED) is 0.484. The van der Waals surface area contributed by atoms with E-state index in [2.05, 4.69) is 25.5 Å². The Morgan fingerprint density at radius 3 is 2.71 bits per heavy atom. The number of aromatic amines is 1. The van der Waals surface area contributed by atoms with Crippen LogP contribution in [0.1, 0.15) is 22.0 Å². The first-order valence-corrected chi connectivity index (χ1v) is 11.1. The van der Waals surface area contributed by atoms with Gasteiger partial charge in [0.1, 0.15) is 17.7 Å². The number of carbonyl (C=O) groups excluding carboxylic acids is 3. The van der Waals surface area contributed by atoms with Crippen LogP contribution in [-0.2, 0) is 16.0 Å². The van der Waals surface area contributed by atoms with Crippen LogP contribution in [0, 0.1) is 0 Å². The maximum Gasteiger partial charge on any atom is 0.471 e. The maximum absolute atomic E-state index is 13.0. The fraction of sp³-hybridized carbons (Fsp3) is 0.238. The first kappa shape index (κ1) is 24.2. The van der Waals surface area contributed by atoms with Crippen molar-refractivity contribution in [2.45, 2.75) is 23.5 Å². The summed E-state index contributed by atoms with van der Waals surface area (Å²) in [5.41, 5.74) is 1.22. The lowest BCUT2D eigenvalue weighted by Gasteiger charge is -2.21. The van der Waals surface area contributed by atoms with Gasteiger partial charge in [-0.25, -0.2) is 9.97 Å². The molecule has 182 valence electrons. The molecule has 0 saturated heterocycles. The number of nitrogens with one attached hydrogen (secondary N) is 3. The van der Waals surface area contributed by atoms with Crippen LogP contribution in [-0.4, -0.2) is 62.9 Å². The molecule has 0 bridgehead atoms. The topological polar surface area (TPSA) is 133 Å². The third-order valence-corrected chi connectivity index (χ3v) is 6.12. The van der Waals surface area contributed by atoms with E-state index in [9.17, 15) is 27.6 Å². The number of thioether (sulfide) groups is 1. The van der Waals surface area contributed by atoms with Gasteiger partial charge in [0.05, 0.1) is 5.69 Å². The van der Waals surface area contributed by atoms with E-state index in [0.29, 0.717) is 17.1 Å². The fourth-order valence-corrected chi connectivity index (χ4v) is 4.29. The van der Waals surface area contributed by atoms with Gasteiger partial charge in [-0.05, 0) is 5.56 Å². The van der Waals surface area contributed by atoms with E-state index < -0.39 is 29.9 Å². The summed E-state index contributed by atoms with van der Waals surface area (Å²) in [5.74, 6) is -3.22. The minimum atomic E-state index is -5.08. The molecule has 1 aliphatic heterocycles. The minimum Gasteiger partial charge on any atom is -0.337 e. The van der Waals surface area contributed by atoms with Gasteiger partial charge >= 0.3 is 12.1 Å². The minimum absolute atomic E-state index is 0.128. The first-order valence-electron chi connectivity index (χ1n) is 10.2. The Hall–Kier alpha value is -3.94. The van der Waals surface area contributed by atoms with Crippen molar-refractivity contribution < 1.29 is 27.6 Å². The van der Waals surface area contributed by atoms with Gasteiger partial charge in [-0.2, -0.15) is 13.2 Å². The molecule has 14 heteroatoms. The number of H-pyrrole nitrogens is 1. The summed E-state index contributed by atoms with van der Waals surface area (Å²) in [4.78, 5) is 46.5. The van der Waals surface area contributed by atoms with Crippen molar-refractivity contribution in [2.75, 3.05) is 23.0 Å². The van der Waals surface area contributed by atoms with Crippen molar-refractivity contribution in [2.24, 2.45) is 0 Å². The Labute approximate surface area is 200 Å². The average molecular weight is 505 g/mol. The molecular weight excluding hydrogens is 487 g/mol. The summed E-state index contributed by atoms with van der Waals surface area (Å²) in [6.45, 7) is 0. The highest BCUT2D eigenvalue weighted by atomic mass is 32.2. The molecule has 4 rings (SSSR count). The molecular formula is C21H18F3N7O3S. The van der Waals surface area contributed by atoms with Gasteiger partial charge in [0, 0.05) is 36.4 Å². The van der Waals surface area contributed by atoms with E-state index in [1.165, 1.54) is 36.0 Å². The van der Waals surface area contributed by atoms with Gasteiger partial charge in [0.2, 0.25) is 11.7 Å². The number of rotatable bonds is 5. The number of aromatic nitrogens is 4. The predicted molar refractivity (Wildman–Crippen MR) is 120 cm³/mol. The number of anilines is 2. The van der Waals surface area contributed by atoms with Gasteiger partial charge in [0.15, 0.2) is 0 Å². The molecule has 0 radical (unpaired) electrons. The number of carbonyl (C=O) groups is 3. The van der Waals surface area contributed by atoms with Crippen molar-refractivity contribution in [3.8, 4) is 0 Å². The number of pyridine rings is 1. The van der Waals surface area contributed by atoms with Crippen LogP contribution in [0.3, 0.4) is 0 Å². The van der Waals surface area contributed by atoms with Crippen LogP contribution < -0.4 is 15.5 Å². The van der Waals surface area contributed by atoms with Crippen molar-refractivity contribution in [1.29, 1.82) is 0 Å². The normalized spacial score (nSPS) is 15.8. The van der Waals surface area contributed by atoms with Gasteiger partial charge in [0.25, 0.3) is 5.91 Å². The number of likely N-dealkylation sites (N-methyl/N-ethyl adjacent to an activating group) is 1. The molecule has 0 aliphatic carbocycles. The van der Waals surface area contributed by atoms with Crippen LogP contribution >= 0.6 is 11.8 Å². The molecule has 10 nitrogen and oxygen atoms in total. The third kappa shape index (κ3) is 5.59. The van der Waals surface area contributed by atoms with Crippen LogP contribution in [0.25, 0.3) is 0 Å². The van der Waals surface area contributed by atoms with Crippen molar-refractivity contribution >= 4 is 41.0 Å². The number of alkyl halides is 3. The van der Waals surface area contributed by atoms with Gasteiger partial charge < -0.3 is 15.5 Å². The monoisotopic (exact) mass is 505 g/mol. The molecule has 3 N–H and O–H groups in total. The molecule has 0 saturated carbocycles. The maximum atomic E-state index is 13.0. The molecule has 0 spiro atoms. The van der Waals surface area contributed by atoms with E-state index in [1.807, 2.05) is 30.3 Å². The van der Waals surface area contributed by atoms with Gasteiger partial charge in [-0.1, -0.05) is 30.3 Å². The third-order valence-electron chi connectivity index (χ3n) is 5.00. The second-order valence-electron chi connectivity index (χ2n) is 7.49. The highest BCUT2D eigenvalue weighted by molar-refractivity contribution is 7.99. The highest BCUT2D eigenvalue weighted by Gasteiger charge is 2.39. The Kier molecular flexibility index (Phi) is 6.73. The molecule has 3 amide bonds. The van der Waals surface area contributed by atoms with Gasteiger partial charge in [-0.3, -0.25) is 19.5 Å². The van der Waals surface area contributed by atoms with E-state index in [0.717, 1.165) is 5.56 Å². The van der Waals surface area contributed by atoms with E-state index in [1.54, 1.807) is 5.32 Å². The van der Waals surface area contributed by atoms with E-state index in [-0.39, 0.29) is 23.1 Å². The lowest BCUT2D eigenvalue weighted by Crippen LogP contribution is -2.48. The molecule has 1 aromatic carbocycles. The second kappa shape index (κ2) is 9.74. The SMILES string of the molecule is CN1C(=O)[C@@H](NC(=O)c2n[nH]c(Cc3ccccc3)n2)CSc2cnc(NC(=O)C(F)(F)F)cc21. The van der Waals surface area contributed by atoms with Crippen molar-refractivity contribution in [3.05, 3.63) is 59.8 Å². The number of nitrogens with zero attached hydrogens (tertiary/aromatic N) is 4. The zero-order chi connectivity index (χ0) is 25.2. The molecule has 3 aromatic rings. The molecule has 3 heterocycles. The zero-order valence-electron chi connectivity index (χ0n) is 18.1. The summed E-state index contributed by atoms with van der Waals surface area (Å²) in [7, 11) is 1.41. The molecule has 35 heavy (non-hydrogen) atoms. The standard InChI is InChI=1S/C21H18F3N7O3S/c1-31-13-8-15(28-20(34)21(22,23)24)25-9-14(13)35-10-12(19(31)33)26-18(32)17-27-16(29-30-17)7-11-5-3-2-4-6-11/h2-6,8-9,12H,7,10H2,1H3,(H,26,32)(H,25,28,34)(H,27,29,30)/t12-/m0/s1. The average Bonchev–Trinajstić information content (AvgIpc) is 3.25. The highest BCUT2D eigenvalue weighted by Crippen LogP contribution is 2.35. The van der Waals surface area contributed by atoms with Crippen LogP contribution in [0.15, 0.2) is 47.5 Å². The first-order chi connectivity index (χ1) is 16.6. The number of hydrogen-bond acceptors (Lipinski definition) is 7. The van der Waals surface area contributed by atoms with E-state index in [4.69, 9.17) is 0 Å². The van der Waals surface area contributed by atoms with Gasteiger partial charge in [-0.15, -0.1) is 16.9 Å². The zero-order valence-corrected chi connectivity index (χ0v) is 18.9. The van der Waals surface area contributed by atoms with Crippen LogP contribution in [0.2, 0.25) is 0 Å². The summed E-state index contributed by atoms with van der Waals surface area (Å²) < 4.78 is 37.6. The second-order valence-corrected chi connectivity index (χ2v) is 8.55. The number of amides is 3. The molecule has 0 unspecified atom stereocenters. The number of hydrogen-bond donors (Lipinski definition) is 3. The summed E-state index contributed by atoms with van der Waals surface area (Å²) in [6, 6.07) is 9.67. The predicted octanol–water partition coefficient (Wildman–Crippen LogP) is 2.16. The number of halogens is 3. The summed E-state index contributed by atoms with van der Waals surface area (Å²) >= 11 is 1.18. The van der Waals surface area contributed by atoms with Crippen LogP contribution in [0.5, 0.6) is 0 Å².